The molecule has 1 aromatic carbocycles. The zero-order valence-corrected chi connectivity index (χ0v) is 13.8. The molecule has 3 heterocycles. The lowest BCUT2D eigenvalue weighted by molar-refractivity contribution is 0.211. The second-order valence-corrected chi connectivity index (χ2v) is 6.60. The molecule has 0 spiro atoms. The molecule has 2 saturated heterocycles. The maximum Gasteiger partial charge on any atom is 0.151 e. The first-order valence-corrected chi connectivity index (χ1v) is 8.37. The van der Waals surface area contributed by atoms with Gasteiger partial charge in [-0.2, -0.15) is 0 Å². The maximum absolute atomic E-state index is 5.68. The summed E-state index contributed by atoms with van der Waals surface area (Å²) in [5.74, 6) is 7.10. The van der Waals surface area contributed by atoms with E-state index >= 15 is 0 Å². The molecule has 1 aromatic heterocycles. The van der Waals surface area contributed by atoms with E-state index in [0.717, 1.165) is 30.2 Å². The molecule has 122 valence electrons. The van der Waals surface area contributed by atoms with Crippen molar-refractivity contribution in [3.8, 4) is 11.8 Å². The van der Waals surface area contributed by atoms with Gasteiger partial charge >= 0.3 is 0 Å². The van der Waals surface area contributed by atoms with Gasteiger partial charge in [-0.1, -0.05) is 5.92 Å². The molecule has 2 fully saturated rings. The summed E-state index contributed by atoms with van der Waals surface area (Å²) in [6, 6.07) is 12.8. The first-order valence-electron chi connectivity index (χ1n) is 8.37. The van der Waals surface area contributed by atoms with Crippen molar-refractivity contribution in [1.29, 1.82) is 0 Å². The summed E-state index contributed by atoms with van der Waals surface area (Å²) in [5.41, 5.74) is 8.03. The van der Waals surface area contributed by atoms with Crippen LogP contribution in [0.2, 0.25) is 0 Å². The van der Waals surface area contributed by atoms with Gasteiger partial charge in [-0.15, -0.1) is 10.2 Å². The number of hydrogen-bond acceptors (Lipinski definition) is 5. The van der Waals surface area contributed by atoms with Crippen molar-refractivity contribution in [1.82, 2.24) is 15.1 Å². The fourth-order valence-electron chi connectivity index (χ4n) is 3.56. The van der Waals surface area contributed by atoms with Crippen LogP contribution in [0.15, 0.2) is 36.4 Å². The quantitative estimate of drug-likeness (QED) is 0.641. The van der Waals surface area contributed by atoms with Crippen LogP contribution in [-0.4, -0.2) is 47.3 Å². The third-order valence-electron chi connectivity index (χ3n) is 5.07. The Bertz CT molecular complexity index is 758. The fourth-order valence-corrected chi connectivity index (χ4v) is 3.56. The predicted octanol–water partition coefficient (Wildman–Crippen LogP) is 1.74. The van der Waals surface area contributed by atoms with Crippen LogP contribution in [0.3, 0.4) is 0 Å². The van der Waals surface area contributed by atoms with E-state index in [9.17, 15) is 0 Å². The molecule has 2 N–H and O–H groups in total. The molecule has 2 aliphatic heterocycles. The van der Waals surface area contributed by atoms with Crippen LogP contribution in [0.25, 0.3) is 0 Å². The van der Waals surface area contributed by atoms with Crippen LogP contribution >= 0.6 is 0 Å². The number of nitrogens with zero attached hydrogens (tertiary/aromatic N) is 4. The first kappa shape index (κ1) is 15.0. The number of benzene rings is 1. The van der Waals surface area contributed by atoms with E-state index in [1.807, 2.05) is 36.4 Å². The van der Waals surface area contributed by atoms with Crippen molar-refractivity contribution in [2.45, 2.75) is 24.9 Å². The van der Waals surface area contributed by atoms with E-state index < -0.39 is 0 Å². The number of piperazine rings is 1. The third kappa shape index (κ3) is 2.93. The molecular weight excluding hydrogens is 298 g/mol. The summed E-state index contributed by atoms with van der Waals surface area (Å²) in [4.78, 5) is 4.86. The number of hydrogen-bond donors (Lipinski definition) is 1. The third-order valence-corrected chi connectivity index (χ3v) is 5.07. The molecule has 24 heavy (non-hydrogen) atoms. The zero-order chi connectivity index (χ0) is 16.5. The summed E-state index contributed by atoms with van der Waals surface area (Å²) < 4.78 is 0. The summed E-state index contributed by atoms with van der Waals surface area (Å²) >= 11 is 0. The normalized spacial score (nSPS) is 23.0. The Morgan fingerprint density at radius 3 is 2.29 bits per heavy atom. The fraction of sp³-hybridized carbons (Fsp3) is 0.368. The van der Waals surface area contributed by atoms with Crippen LogP contribution < -0.4 is 10.6 Å². The molecular formula is C19H21N5. The smallest absolute Gasteiger partial charge is 0.151 e. The van der Waals surface area contributed by atoms with Crippen molar-refractivity contribution < 1.29 is 0 Å². The van der Waals surface area contributed by atoms with Gasteiger partial charge in [0.1, 0.15) is 5.69 Å². The van der Waals surface area contributed by atoms with Crippen LogP contribution in [0, 0.1) is 11.8 Å². The first-order chi connectivity index (χ1) is 11.7. The highest BCUT2D eigenvalue weighted by Gasteiger charge is 2.37. The number of aromatic nitrogens is 2. The Balaban J connectivity index is 1.47. The highest BCUT2D eigenvalue weighted by molar-refractivity contribution is 5.47. The molecule has 2 aliphatic rings. The number of likely N-dealkylation sites (N-methyl/N-ethyl adjacent to an activating group) is 1. The van der Waals surface area contributed by atoms with E-state index in [-0.39, 0.29) is 0 Å². The van der Waals surface area contributed by atoms with Gasteiger partial charge in [0, 0.05) is 36.4 Å². The summed E-state index contributed by atoms with van der Waals surface area (Å²) in [6.45, 7) is 2.08. The largest absolute Gasteiger partial charge is 0.399 e. The lowest BCUT2D eigenvalue weighted by Crippen LogP contribution is -2.52. The van der Waals surface area contributed by atoms with Crippen LogP contribution in [0.5, 0.6) is 0 Å². The number of rotatable bonds is 1. The van der Waals surface area contributed by atoms with Gasteiger partial charge in [0.25, 0.3) is 0 Å². The SMILES string of the molecule is CN1C2CCC1CN(c1ccc(C#Cc3ccc(N)cc3)nn1)C2. The van der Waals surface area contributed by atoms with Gasteiger partial charge in [0.2, 0.25) is 0 Å². The lowest BCUT2D eigenvalue weighted by Gasteiger charge is -2.39. The van der Waals surface area contributed by atoms with Crippen molar-refractivity contribution in [2.75, 3.05) is 30.8 Å². The number of nitrogen functional groups attached to an aromatic ring is 1. The molecule has 0 saturated carbocycles. The maximum atomic E-state index is 5.68. The molecule has 2 aromatic rings. The summed E-state index contributed by atoms with van der Waals surface area (Å²) in [6.07, 6.45) is 2.58. The average Bonchev–Trinajstić information content (AvgIpc) is 2.83. The second-order valence-electron chi connectivity index (χ2n) is 6.60. The highest BCUT2D eigenvalue weighted by atomic mass is 15.3. The van der Waals surface area contributed by atoms with Gasteiger partial charge in [-0.25, -0.2) is 0 Å². The van der Waals surface area contributed by atoms with Crippen molar-refractivity contribution >= 4 is 11.5 Å². The molecule has 0 radical (unpaired) electrons. The highest BCUT2D eigenvalue weighted by Crippen LogP contribution is 2.30. The molecule has 0 amide bonds. The molecule has 5 nitrogen and oxygen atoms in total. The van der Waals surface area contributed by atoms with Crippen molar-refractivity contribution in [2.24, 2.45) is 0 Å². The molecule has 2 unspecified atom stereocenters. The van der Waals surface area contributed by atoms with Gasteiger partial charge in [-0.3, -0.25) is 4.90 Å². The predicted molar refractivity (Wildman–Crippen MR) is 95.7 cm³/mol. The van der Waals surface area contributed by atoms with Crippen molar-refractivity contribution in [3.05, 3.63) is 47.7 Å². The molecule has 2 atom stereocenters. The van der Waals surface area contributed by atoms with E-state index in [2.05, 4.69) is 38.9 Å². The van der Waals surface area contributed by atoms with Crippen LogP contribution in [0.1, 0.15) is 24.1 Å². The Labute approximate surface area is 142 Å². The van der Waals surface area contributed by atoms with Crippen LogP contribution in [0.4, 0.5) is 11.5 Å². The average molecular weight is 319 g/mol. The minimum absolute atomic E-state index is 0.649. The monoisotopic (exact) mass is 319 g/mol. The van der Waals surface area contributed by atoms with E-state index in [1.54, 1.807) is 0 Å². The Kier molecular flexibility index (Phi) is 3.83. The molecule has 5 heteroatoms. The Hall–Kier alpha value is -2.58. The van der Waals surface area contributed by atoms with E-state index in [4.69, 9.17) is 5.73 Å². The summed E-state index contributed by atoms with van der Waals surface area (Å²) in [7, 11) is 2.24. The van der Waals surface area contributed by atoms with Gasteiger partial charge in [-0.05, 0) is 62.2 Å². The second kappa shape index (κ2) is 6.14. The van der Waals surface area contributed by atoms with E-state index in [0.29, 0.717) is 17.8 Å². The van der Waals surface area contributed by atoms with Gasteiger partial charge < -0.3 is 10.6 Å². The number of anilines is 2. The topological polar surface area (TPSA) is 58.3 Å². The Morgan fingerprint density at radius 2 is 1.67 bits per heavy atom. The lowest BCUT2D eigenvalue weighted by atomic mass is 10.2. The van der Waals surface area contributed by atoms with E-state index in [1.165, 1.54) is 12.8 Å². The Morgan fingerprint density at radius 1 is 0.958 bits per heavy atom. The molecule has 4 rings (SSSR count). The zero-order valence-electron chi connectivity index (χ0n) is 13.8. The van der Waals surface area contributed by atoms with Gasteiger partial charge in [0.05, 0.1) is 0 Å². The van der Waals surface area contributed by atoms with Crippen molar-refractivity contribution in [3.63, 3.8) is 0 Å². The minimum Gasteiger partial charge on any atom is -0.399 e. The number of fused-ring (bicyclic) bond motifs is 2. The van der Waals surface area contributed by atoms with Gasteiger partial charge in [0.15, 0.2) is 5.82 Å². The summed E-state index contributed by atoms with van der Waals surface area (Å²) in [5, 5.41) is 8.66. The van der Waals surface area contributed by atoms with Crippen LogP contribution in [-0.2, 0) is 0 Å². The molecule has 2 bridgehead atoms. The standard InChI is InChI=1S/C19H21N5/c1-23-17-9-10-18(23)13-24(12-17)19-11-8-16(21-22-19)7-4-14-2-5-15(20)6-3-14/h2-3,5-6,8,11,17-18H,9-10,12-13,20H2,1H3. The number of nitrogens with two attached hydrogens (primary N) is 1. The molecule has 0 aliphatic carbocycles. The minimum atomic E-state index is 0.649.